The number of hydrogen-bond acceptors (Lipinski definition) is 4. The number of carbonyl (C=O) groups is 1. The van der Waals surface area contributed by atoms with Crippen LogP contribution in [-0.4, -0.2) is 24.2 Å². The maximum Gasteiger partial charge on any atom is 0.304 e. The lowest BCUT2D eigenvalue weighted by Gasteiger charge is -2.33. The zero-order valence-electron chi connectivity index (χ0n) is 18.0. The summed E-state index contributed by atoms with van der Waals surface area (Å²) >= 11 is 0. The van der Waals surface area contributed by atoms with E-state index in [1.54, 1.807) is 0 Å². The van der Waals surface area contributed by atoms with Crippen LogP contribution in [0.5, 0.6) is 11.5 Å². The minimum absolute atomic E-state index is 0.0839. The number of carboxylic acids is 1. The van der Waals surface area contributed by atoms with Crippen molar-refractivity contribution in [2.24, 2.45) is 0 Å². The lowest BCUT2D eigenvalue weighted by Crippen LogP contribution is -2.30. The summed E-state index contributed by atoms with van der Waals surface area (Å²) in [5.41, 5.74) is 6.11. The molecule has 0 aliphatic carbocycles. The van der Waals surface area contributed by atoms with Crippen LogP contribution in [0.3, 0.4) is 0 Å². The first kappa shape index (κ1) is 20.4. The Kier molecular flexibility index (Phi) is 5.71. The molecule has 2 heterocycles. The second-order valence-corrected chi connectivity index (χ2v) is 8.53. The van der Waals surface area contributed by atoms with Gasteiger partial charge in [0.15, 0.2) is 0 Å². The van der Waals surface area contributed by atoms with Crippen molar-refractivity contribution in [1.29, 1.82) is 0 Å². The number of para-hydroxylation sites is 1. The Morgan fingerprint density at radius 2 is 1.97 bits per heavy atom. The van der Waals surface area contributed by atoms with Crippen LogP contribution in [0.4, 0.5) is 5.69 Å². The van der Waals surface area contributed by atoms with E-state index in [1.807, 2.05) is 18.2 Å². The standard InChI is InChI=1S/C27H27NO4/c29-26(30)14-22-18-32-25-15-23(11-12-24(22)25)31-17-21-9-4-8-20-10-5-13-28(27(20)21)16-19-6-2-1-3-7-19/h1-4,6-9,11-12,15,22H,5,10,13-14,16-18H2,(H,29,30). The number of fused-ring (bicyclic) bond motifs is 2. The number of ether oxygens (including phenoxy) is 2. The molecule has 1 N–H and O–H groups in total. The molecule has 0 saturated heterocycles. The number of aliphatic carboxylic acids is 1. The fourth-order valence-corrected chi connectivity index (χ4v) is 4.79. The van der Waals surface area contributed by atoms with Crippen LogP contribution in [0.2, 0.25) is 0 Å². The maximum absolute atomic E-state index is 11.1. The SMILES string of the molecule is O=C(O)CC1COc2cc(OCc3cccc4c3N(Cc3ccccc3)CCC4)ccc21. The molecule has 2 aliphatic rings. The summed E-state index contributed by atoms with van der Waals surface area (Å²) in [7, 11) is 0. The lowest BCUT2D eigenvalue weighted by molar-refractivity contribution is -0.137. The smallest absolute Gasteiger partial charge is 0.304 e. The Morgan fingerprint density at radius 3 is 2.81 bits per heavy atom. The number of carboxylic acid groups (broad SMARTS) is 1. The number of nitrogens with zero attached hydrogens (tertiary/aromatic N) is 1. The van der Waals surface area contributed by atoms with Crippen molar-refractivity contribution < 1.29 is 19.4 Å². The molecule has 5 heteroatoms. The van der Waals surface area contributed by atoms with Crippen LogP contribution in [-0.2, 0) is 24.4 Å². The summed E-state index contributed by atoms with van der Waals surface area (Å²) in [5, 5.41) is 9.09. The zero-order valence-corrected chi connectivity index (χ0v) is 18.0. The fraction of sp³-hybridized carbons (Fsp3) is 0.296. The molecule has 164 valence electrons. The first-order valence-electron chi connectivity index (χ1n) is 11.2. The second-order valence-electron chi connectivity index (χ2n) is 8.53. The molecular weight excluding hydrogens is 402 g/mol. The predicted octanol–water partition coefficient (Wildman–Crippen LogP) is 5.17. The van der Waals surface area contributed by atoms with Crippen LogP contribution in [0.1, 0.15) is 41.0 Å². The number of anilines is 1. The molecule has 5 rings (SSSR count). The van der Waals surface area contributed by atoms with E-state index in [-0.39, 0.29) is 12.3 Å². The monoisotopic (exact) mass is 429 g/mol. The first-order chi connectivity index (χ1) is 15.7. The zero-order chi connectivity index (χ0) is 21.9. The average Bonchev–Trinajstić information content (AvgIpc) is 3.20. The summed E-state index contributed by atoms with van der Waals surface area (Å²) < 4.78 is 11.9. The highest BCUT2D eigenvalue weighted by Crippen LogP contribution is 2.39. The largest absolute Gasteiger partial charge is 0.492 e. The quantitative estimate of drug-likeness (QED) is 0.562. The van der Waals surface area contributed by atoms with E-state index in [0.29, 0.717) is 13.2 Å². The summed E-state index contributed by atoms with van der Waals surface area (Å²) in [6.45, 7) is 2.82. The van der Waals surface area contributed by atoms with E-state index in [0.717, 1.165) is 43.0 Å². The molecule has 0 fully saturated rings. The highest BCUT2D eigenvalue weighted by Gasteiger charge is 2.27. The highest BCUT2D eigenvalue weighted by molar-refractivity contribution is 5.69. The fourth-order valence-electron chi connectivity index (χ4n) is 4.79. The molecule has 0 aromatic heterocycles. The van der Waals surface area contributed by atoms with Crippen molar-refractivity contribution in [3.63, 3.8) is 0 Å². The van der Waals surface area contributed by atoms with Crippen molar-refractivity contribution in [3.8, 4) is 11.5 Å². The van der Waals surface area contributed by atoms with Crippen LogP contribution < -0.4 is 14.4 Å². The van der Waals surface area contributed by atoms with E-state index in [2.05, 4.69) is 53.4 Å². The summed E-state index contributed by atoms with van der Waals surface area (Å²) in [6.07, 6.45) is 2.33. The van der Waals surface area contributed by atoms with Gasteiger partial charge in [-0.1, -0.05) is 54.6 Å². The van der Waals surface area contributed by atoms with Gasteiger partial charge in [-0.2, -0.15) is 0 Å². The van der Waals surface area contributed by atoms with Crippen molar-refractivity contribution >= 4 is 11.7 Å². The molecule has 0 bridgehead atoms. The molecule has 3 aromatic carbocycles. The highest BCUT2D eigenvalue weighted by atomic mass is 16.5. The predicted molar refractivity (Wildman–Crippen MR) is 124 cm³/mol. The Labute approximate surface area is 188 Å². The van der Waals surface area contributed by atoms with E-state index in [4.69, 9.17) is 14.6 Å². The minimum atomic E-state index is -0.805. The molecule has 0 saturated carbocycles. The Morgan fingerprint density at radius 1 is 1.09 bits per heavy atom. The van der Waals surface area contributed by atoms with Gasteiger partial charge in [0.05, 0.1) is 13.0 Å². The van der Waals surface area contributed by atoms with Gasteiger partial charge in [0.1, 0.15) is 18.1 Å². The lowest BCUT2D eigenvalue weighted by atomic mass is 9.97. The van der Waals surface area contributed by atoms with Gasteiger partial charge in [-0.05, 0) is 30.0 Å². The second kappa shape index (κ2) is 8.95. The van der Waals surface area contributed by atoms with Gasteiger partial charge < -0.3 is 19.5 Å². The third-order valence-corrected chi connectivity index (χ3v) is 6.29. The maximum atomic E-state index is 11.1. The molecule has 3 aromatic rings. The van der Waals surface area contributed by atoms with Crippen LogP contribution in [0.15, 0.2) is 66.7 Å². The summed E-state index contributed by atoms with van der Waals surface area (Å²) in [5.74, 6) is 0.571. The summed E-state index contributed by atoms with van der Waals surface area (Å²) in [4.78, 5) is 13.5. The molecular formula is C27H27NO4. The third-order valence-electron chi connectivity index (χ3n) is 6.29. The molecule has 0 radical (unpaired) electrons. The Bertz CT molecular complexity index is 1110. The molecule has 0 amide bonds. The van der Waals surface area contributed by atoms with Gasteiger partial charge in [0.2, 0.25) is 0 Å². The van der Waals surface area contributed by atoms with Gasteiger partial charge in [-0.15, -0.1) is 0 Å². The topological polar surface area (TPSA) is 59.0 Å². The summed E-state index contributed by atoms with van der Waals surface area (Å²) in [6, 6.07) is 22.8. The van der Waals surface area contributed by atoms with Crippen molar-refractivity contribution in [3.05, 3.63) is 89.0 Å². The molecule has 0 spiro atoms. The van der Waals surface area contributed by atoms with Gasteiger partial charge in [0.25, 0.3) is 0 Å². The Hall–Kier alpha value is -3.47. The van der Waals surface area contributed by atoms with E-state index in [9.17, 15) is 4.79 Å². The van der Waals surface area contributed by atoms with Crippen LogP contribution in [0.25, 0.3) is 0 Å². The van der Waals surface area contributed by atoms with E-state index >= 15 is 0 Å². The van der Waals surface area contributed by atoms with E-state index in [1.165, 1.54) is 22.4 Å². The number of aryl methyl sites for hydroxylation is 1. The van der Waals surface area contributed by atoms with Gasteiger partial charge >= 0.3 is 5.97 Å². The van der Waals surface area contributed by atoms with Crippen molar-refractivity contribution in [2.45, 2.75) is 38.3 Å². The molecule has 32 heavy (non-hydrogen) atoms. The first-order valence-corrected chi connectivity index (χ1v) is 11.2. The van der Waals surface area contributed by atoms with Gasteiger partial charge in [-0.25, -0.2) is 0 Å². The van der Waals surface area contributed by atoms with E-state index < -0.39 is 5.97 Å². The van der Waals surface area contributed by atoms with Crippen molar-refractivity contribution in [2.75, 3.05) is 18.1 Å². The van der Waals surface area contributed by atoms with Crippen molar-refractivity contribution in [1.82, 2.24) is 0 Å². The van der Waals surface area contributed by atoms with Gasteiger partial charge in [-0.3, -0.25) is 4.79 Å². The Balaban J connectivity index is 1.33. The number of rotatable bonds is 7. The number of hydrogen-bond donors (Lipinski definition) is 1. The van der Waals surface area contributed by atoms with Crippen LogP contribution >= 0.6 is 0 Å². The van der Waals surface area contributed by atoms with Crippen LogP contribution in [0, 0.1) is 0 Å². The minimum Gasteiger partial charge on any atom is -0.492 e. The molecule has 1 unspecified atom stereocenters. The third kappa shape index (κ3) is 4.28. The normalized spacial score (nSPS) is 16.8. The average molecular weight is 430 g/mol. The molecule has 2 aliphatic heterocycles. The molecule has 1 atom stereocenters. The van der Waals surface area contributed by atoms with Gasteiger partial charge in [0, 0.05) is 41.9 Å². The molecule has 5 nitrogen and oxygen atoms in total. The number of benzene rings is 3.